The van der Waals surface area contributed by atoms with Gasteiger partial charge in [0.15, 0.2) is 0 Å². The quantitative estimate of drug-likeness (QED) is 0.812. The topological polar surface area (TPSA) is 60.9 Å². The second-order valence-corrected chi connectivity index (χ2v) is 4.75. The number of nitrogens with one attached hydrogen (secondary N) is 2. The number of hydrogen-bond acceptors (Lipinski definition) is 3. The zero-order valence-corrected chi connectivity index (χ0v) is 11.1. The van der Waals surface area contributed by atoms with Crippen molar-refractivity contribution < 1.29 is 5.11 Å². The molecule has 0 aliphatic carbocycles. The first-order valence-electron chi connectivity index (χ1n) is 5.32. The molecular weight excluding hydrogens is 282 g/mol. The van der Waals surface area contributed by atoms with Gasteiger partial charge in [-0.15, -0.1) is 0 Å². The Kier molecular flexibility index (Phi) is 3.81. The summed E-state index contributed by atoms with van der Waals surface area (Å²) in [5, 5.41) is 19.4. The number of aromatic nitrogens is 2. The first kappa shape index (κ1) is 12.1. The number of aryl methyl sites for hydroxylation is 1. The predicted molar refractivity (Wildman–Crippen MR) is 70.7 cm³/mol. The molecule has 90 valence electrons. The normalized spacial score (nSPS) is 10.5. The molecule has 0 atom stereocenters. The molecule has 3 N–H and O–H groups in total. The van der Waals surface area contributed by atoms with Crippen LogP contribution in [0.3, 0.4) is 0 Å². The van der Waals surface area contributed by atoms with Gasteiger partial charge in [0.2, 0.25) is 0 Å². The van der Waals surface area contributed by atoms with Crippen LogP contribution in [0.4, 0.5) is 5.69 Å². The number of aliphatic hydroxyl groups excluding tert-OH is 1. The highest BCUT2D eigenvalue weighted by molar-refractivity contribution is 9.10. The molecular formula is C12H14BrN3O. The molecule has 0 radical (unpaired) electrons. The summed E-state index contributed by atoms with van der Waals surface area (Å²) < 4.78 is 0.964. The predicted octanol–water partition coefficient (Wildman–Crippen LogP) is 2.59. The summed E-state index contributed by atoms with van der Waals surface area (Å²) in [6.45, 7) is 2.70. The average Bonchev–Trinajstić information content (AvgIpc) is 2.73. The summed E-state index contributed by atoms with van der Waals surface area (Å²) >= 11 is 3.38. The number of benzene rings is 1. The number of H-pyrrole nitrogens is 1. The lowest BCUT2D eigenvalue weighted by Gasteiger charge is -2.10. The van der Waals surface area contributed by atoms with E-state index >= 15 is 0 Å². The van der Waals surface area contributed by atoms with Crippen LogP contribution in [-0.4, -0.2) is 15.3 Å². The second kappa shape index (κ2) is 5.33. The fraction of sp³-hybridized carbons (Fsp3) is 0.250. The second-order valence-electron chi connectivity index (χ2n) is 3.83. The molecule has 0 bridgehead atoms. The number of halogens is 1. The van der Waals surface area contributed by atoms with E-state index in [2.05, 4.69) is 31.4 Å². The van der Waals surface area contributed by atoms with Crippen molar-refractivity contribution in [1.29, 1.82) is 0 Å². The number of anilines is 1. The molecule has 0 aliphatic rings. The van der Waals surface area contributed by atoms with Gasteiger partial charge >= 0.3 is 0 Å². The lowest BCUT2D eigenvalue weighted by Crippen LogP contribution is -2.03. The standard InChI is InChI=1S/C12H14BrN3O/c1-8-10(6-15-16-8)5-14-12-3-2-11(13)4-9(12)7-17/h2-4,6,14,17H,5,7H2,1H3,(H,15,16). The molecule has 1 aromatic heterocycles. The summed E-state index contributed by atoms with van der Waals surface area (Å²) in [6, 6.07) is 5.80. The van der Waals surface area contributed by atoms with E-state index in [-0.39, 0.29) is 6.61 Å². The first-order chi connectivity index (χ1) is 8.20. The Balaban J connectivity index is 2.11. The van der Waals surface area contributed by atoms with Crippen LogP contribution in [-0.2, 0) is 13.2 Å². The molecule has 0 saturated carbocycles. The smallest absolute Gasteiger partial charge is 0.0702 e. The van der Waals surface area contributed by atoms with Crippen LogP contribution in [0.5, 0.6) is 0 Å². The number of nitrogens with zero attached hydrogens (tertiary/aromatic N) is 1. The monoisotopic (exact) mass is 295 g/mol. The van der Waals surface area contributed by atoms with Crippen LogP contribution >= 0.6 is 15.9 Å². The minimum absolute atomic E-state index is 0.0200. The third-order valence-corrected chi connectivity index (χ3v) is 3.13. The van der Waals surface area contributed by atoms with Gasteiger partial charge in [0.05, 0.1) is 12.8 Å². The SMILES string of the molecule is Cc1[nH]ncc1CNc1ccc(Br)cc1CO. The molecule has 0 amide bonds. The van der Waals surface area contributed by atoms with Crippen molar-refractivity contribution in [1.82, 2.24) is 10.2 Å². The maximum Gasteiger partial charge on any atom is 0.0702 e. The van der Waals surface area contributed by atoms with Gasteiger partial charge in [-0.05, 0) is 25.1 Å². The van der Waals surface area contributed by atoms with Crippen molar-refractivity contribution >= 4 is 21.6 Å². The lowest BCUT2D eigenvalue weighted by molar-refractivity contribution is 0.282. The summed E-state index contributed by atoms with van der Waals surface area (Å²) in [4.78, 5) is 0. The molecule has 5 heteroatoms. The minimum Gasteiger partial charge on any atom is -0.392 e. The summed E-state index contributed by atoms with van der Waals surface area (Å²) in [6.07, 6.45) is 1.81. The van der Waals surface area contributed by atoms with Gasteiger partial charge in [0.1, 0.15) is 0 Å². The number of rotatable bonds is 4. The van der Waals surface area contributed by atoms with Gasteiger partial charge in [-0.1, -0.05) is 15.9 Å². The van der Waals surface area contributed by atoms with Crippen LogP contribution in [0.25, 0.3) is 0 Å². The van der Waals surface area contributed by atoms with Crippen LogP contribution in [0.15, 0.2) is 28.9 Å². The molecule has 4 nitrogen and oxygen atoms in total. The minimum atomic E-state index is 0.0200. The summed E-state index contributed by atoms with van der Waals surface area (Å²) in [7, 11) is 0. The van der Waals surface area contributed by atoms with Crippen molar-refractivity contribution in [3.63, 3.8) is 0 Å². The average molecular weight is 296 g/mol. The highest BCUT2D eigenvalue weighted by atomic mass is 79.9. The Morgan fingerprint density at radius 2 is 2.24 bits per heavy atom. The van der Waals surface area contributed by atoms with Gasteiger partial charge < -0.3 is 10.4 Å². The van der Waals surface area contributed by atoms with Crippen LogP contribution in [0, 0.1) is 6.92 Å². The number of hydrogen-bond donors (Lipinski definition) is 3. The Bertz CT molecular complexity index is 510. The Morgan fingerprint density at radius 3 is 2.88 bits per heavy atom. The third kappa shape index (κ3) is 2.87. The Morgan fingerprint density at radius 1 is 1.41 bits per heavy atom. The molecule has 2 aromatic rings. The van der Waals surface area contributed by atoms with E-state index in [1.165, 1.54) is 0 Å². The molecule has 1 aromatic carbocycles. The number of aliphatic hydroxyl groups is 1. The number of aromatic amines is 1. The van der Waals surface area contributed by atoms with Crippen molar-refractivity contribution in [3.05, 3.63) is 45.7 Å². The highest BCUT2D eigenvalue weighted by Gasteiger charge is 2.04. The van der Waals surface area contributed by atoms with Gasteiger partial charge in [-0.25, -0.2) is 0 Å². The zero-order valence-electron chi connectivity index (χ0n) is 9.50. The highest BCUT2D eigenvalue weighted by Crippen LogP contribution is 2.21. The molecule has 0 saturated heterocycles. The molecule has 17 heavy (non-hydrogen) atoms. The van der Waals surface area contributed by atoms with E-state index in [9.17, 15) is 5.11 Å². The van der Waals surface area contributed by atoms with Crippen molar-refractivity contribution in [2.75, 3.05) is 5.32 Å². The maximum atomic E-state index is 9.28. The van der Waals surface area contributed by atoms with E-state index in [0.29, 0.717) is 6.54 Å². The van der Waals surface area contributed by atoms with E-state index in [0.717, 1.165) is 27.0 Å². The molecule has 0 fully saturated rings. The van der Waals surface area contributed by atoms with Crippen LogP contribution < -0.4 is 5.32 Å². The summed E-state index contributed by atoms with van der Waals surface area (Å²) in [5.74, 6) is 0. The molecule has 0 spiro atoms. The molecule has 0 aliphatic heterocycles. The third-order valence-electron chi connectivity index (χ3n) is 2.64. The fourth-order valence-corrected chi connectivity index (χ4v) is 2.02. The van der Waals surface area contributed by atoms with E-state index in [1.54, 1.807) is 6.20 Å². The van der Waals surface area contributed by atoms with Gasteiger partial charge in [0, 0.05) is 33.5 Å². The Labute approximate surface area is 108 Å². The molecule has 1 heterocycles. The van der Waals surface area contributed by atoms with Crippen LogP contribution in [0.1, 0.15) is 16.8 Å². The maximum absolute atomic E-state index is 9.28. The van der Waals surface area contributed by atoms with Gasteiger partial charge in [-0.3, -0.25) is 5.10 Å². The molecule has 0 unspecified atom stereocenters. The van der Waals surface area contributed by atoms with Crippen molar-refractivity contribution in [3.8, 4) is 0 Å². The fourth-order valence-electron chi connectivity index (χ4n) is 1.61. The van der Waals surface area contributed by atoms with E-state index < -0.39 is 0 Å². The zero-order chi connectivity index (χ0) is 12.3. The van der Waals surface area contributed by atoms with E-state index in [1.807, 2.05) is 25.1 Å². The first-order valence-corrected chi connectivity index (χ1v) is 6.12. The lowest BCUT2D eigenvalue weighted by atomic mass is 10.2. The Hall–Kier alpha value is -1.33. The summed E-state index contributed by atoms with van der Waals surface area (Å²) in [5.41, 5.74) is 3.99. The van der Waals surface area contributed by atoms with Crippen molar-refractivity contribution in [2.24, 2.45) is 0 Å². The molecule has 2 rings (SSSR count). The van der Waals surface area contributed by atoms with Gasteiger partial charge in [-0.2, -0.15) is 5.10 Å². The van der Waals surface area contributed by atoms with Crippen LogP contribution in [0.2, 0.25) is 0 Å². The van der Waals surface area contributed by atoms with E-state index in [4.69, 9.17) is 0 Å². The van der Waals surface area contributed by atoms with Gasteiger partial charge in [0.25, 0.3) is 0 Å². The largest absolute Gasteiger partial charge is 0.392 e. The van der Waals surface area contributed by atoms with Crippen molar-refractivity contribution in [2.45, 2.75) is 20.1 Å².